The van der Waals surface area contributed by atoms with Crippen molar-refractivity contribution in [1.29, 1.82) is 0 Å². The van der Waals surface area contributed by atoms with Gasteiger partial charge < -0.3 is 9.47 Å². The van der Waals surface area contributed by atoms with Gasteiger partial charge in [-0.25, -0.2) is 0 Å². The molecule has 1 saturated carbocycles. The van der Waals surface area contributed by atoms with E-state index in [0.717, 1.165) is 32.1 Å². The molecule has 1 heterocycles. The van der Waals surface area contributed by atoms with Crippen molar-refractivity contribution in [2.75, 3.05) is 7.11 Å². The van der Waals surface area contributed by atoms with Gasteiger partial charge in [0.05, 0.1) is 0 Å². The number of rotatable bonds is 2. The average molecular weight is 312 g/mol. The molecule has 0 spiro atoms. The molecule has 0 saturated heterocycles. The van der Waals surface area contributed by atoms with Crippen molar-refractivity contribution < 1.29 is 14.3 Å². The fourth-order valence-corrected chi connectivity index (χ4v) is 4.76. The lowest BCUT2D eigenvalue weighted by molar-refractivity contribution is -0.259. The van der Waals surface area contributed by atoms with E-state index >= 15 is 0 Å². The Hall–Kier alpha value is -1.61. The van der Waals surface area contributed by atoms with E-state index in [0.29, 0.717) is 18.1 Å². The van der Waals surface area contributed by atoms with Crippen LogP contribution in [0.15, 0.2) is 41.7 Å². The van der Waals surface area contributed by atoms with Gasteiger partial charge in [-0.15, -0.1) is 0 Å². The SMILES string of the molecule is COC12CCCCC1C(c1ccccc1)C1=C(O2)C(=O)CCC1. The smallest absolute Gasteiger partial charge is 0.214 e. The summed E-state index contributed by atoms with van der Waals surface area (Å²) >= 11 is 0. The summed E-state index contributed by atoms with van der Waals surface area (Å²) < 4.78 is 12.2. The van der Waals surface area contributed by atoms with E-state index in [9.17, 15) is 4.79 Å². The molecule has 4 rings (SSSR count). The molecule has 0 amide bonds. The quantitative estimate of drug-likeness (QED) is 0.815. The minimum atomic E-state index is -0.620. The van der Waals surface area contributed by atoms with Crippen molar-refractivity contribution in [3.8, 4) is 0 Å². The van der Waals surface area contributed by atoms with Gasteiger partial charge in [-0.05, 0) is 36.8 Å². The van der Waals surface area contributed by atoms with Crippen LogP contribution in [0.1, 0.15) is 56.4 Å². The van der Waals surface area contributed by atoms with Gasteiger partial charge in [0.1, 0.15) is 0 Å². The zero-order chi connectivity index (χ0) is 15.9. The Kier molecular flexibility index (Phi) is 3.76. The standard InChI is InChI=1S/C20H24O3/c1-22-20-13-6-5-11-16(20)18(14-8-3-2-4-9-14)15-10-7-12-17(21)19(15)23-20/h2-4,8-9,16,18H,5-7,10-13H2,1H3. The van der Waals surface area contributed by atoms with Gasteiger partial charge in [0.2, 0.25) is 5.79 Å². The van der Waals surface area contributed by atoms with E-state index < -0.39 is 5.79 Å². The Bertz CT molecular complexity index is 634. The van der Waals surface area contributed by atoms with Gasteiger partial charge in [0.15, 0.2) is 11.5 Å². The second-order valence-corrected chi connectivity index (χ2v) is 6.99. The molecule has 3 atom stereocenters. The first kappa shape index (κ1) is 14.9. The number of allylic oxidation sites excluding steroid dienone is 2. The normalized spacial score (nSPS) is 33.7. The van der Waals surface area contributed by atoms with Crippen LogP contribution in [0.4, 0.5) is 0 Å². The highest BCUT2D eigenvalue weighted by molar-refractivity contribution is 5.95. The molecule has 1 fully saturated rings. The van der Waals surface area contributed by atoms with Crippen molar-refractivity contribution in [1.82, 2.24) is 0 Å². The zero-order valence-corrected chi connectivity index (χ0v) is 13.7. The van der Waals surface area contributed by atoms with Gasteiger partial charge >= 0.3 is 0 Å². The predicted octanol–water partition coefficient (Wildman–Crippen LogP) is 4.34. The number of benzene rings is 1. The molecule has 1 aromatic carbocycles. The molecule has 1 aromatic rings. The topological polar surface area (TPSA) is 35.5 Å². The fourth-order valence-electron chi connectivity index (χ4n) is 4.76. The maximum absolute atomic E-state index is 12.5. The Morgan fingerprint density at radius 1 is 1.13 bits per heavy atom. The van der Waals surface area contributed by atoms with Crippen LogP contribution in [0.3, 0.4) is 0 Å². The summed E-state index contributed by atoms with van der Waals surface area (Å²) in [5.74, 6) is 0.709. The highest BCUT2D eigenvalue weighted by Gasteiger charge is 2.54. The molecular formula is C20H24O3. The third-order valence-electron chi connectivity index (χ3n) is 5.81. The molecule has 0 bridgehead atoms. The number of hydrogen-bond acceptors (Lipinski definition) is 3. The van der Waals surface area contributed by atoms with Crippen LogP contribution in [-0.2, 0) is 14.3 Å². The highest BCUT2D eigenvalue weighted by atomic mass is 16.7. The molecule has 0 radical (unpaired) electrons. The van der Waals surface area contributed by atoms with Crippen molar-refractivity contribution in [2.24, 2.45) is 5.92 Å². The van der Waals surface area contributed by atoms with Gasteiger partial charge in [0, 0.05) is 31.8 Å². The molecule has 3 heteroatoms. The van der Waals surface area contributed by atoms with Crippen molar-refractivity contribution in [3.63, 3.8) is 0 Å². The van der Waals surface area contributed by atoms with Crippen LogP contribution in [0.2, 0.25) is 0 Å². The lowest BCUT2D eigenvalue weighted by Crippen LogP contribution is -2.52. The second-order valence-electron chi connectivity index (χ2n) is 6.99. The number of ether oxygens (including phenoxy) is 2. The fraction of sp³-hybridized carbons (Fsp3) is 0.550. The van der Waals surface area contributed by atoms with Crippen LogP contribution in [0, 0.1) is 5.92 Å². The molecule has 3 unspecified atom stereocenters. The number of ketones is 1. The Balaban J connectivity index is 1.87. The third kappa shape index (κ3) is 2.33. The minimum Gasteiger partial charge on any atom is -0.458 e. The summed E-state index contributed by atoms with van der Waals surface area (Å²) in [5.41, 5.74) is 2.51. The van der Waals surface area contributed by atoms with Gasteiger partial charge in [-0.1, -0.05) is 36.8 Å². The molecule has 23 heavy (non-hydrogen) atoms. The number of hydrogen-bond donors (Lipinski definition) is 0. The molecule has 1 aliphatic heterocycles. The van der Waals surface area contributed by atoms with Crippen LogP contribution < -0.4 is 0 Å². The first-order valence-electron chi connectivity index (χ1n) is 8.80. The van der Waals surface area contributed by atoms with Gasteiger partial charge in [-0.3, -0.25) is 4.79 Å². The lowest BCUT2D eigenvalue weighted by atomic mass is 9.66. The first-order valence-corrected chi connectivity index (χ1v) is 8.80. The summed E-state index contributed by atoms with van der Waals surface area (Å²) in [6, 6.07) is 10.6. The maximum atomic E-state index is 12.5. The van der Waals surface area contributed by atoms with Crippen molar-refractivity contribution in [2.45, 2.75) is 56.7 Å². The van der Waals surface area contributed by atoms with E-state index in [-0.39, 0.29) is 11.7 Å². The number of methoxy groups -OCH3 is 1. The number of carbonyl (C=O) groups is 1. The minimum absolute atomic E-state index is 0.160. The third-order valence-corrected chi connectivity index (χ3v) is 5.81. The zero-order valence-electron chi connectivity index (χ0n) is 13.7. The summed E-state index contributed by atoms with van der Waals surface area (Å²) in [6.45, 7) is 0. The van der Waals surface area contributed by atoms with Crippen LogP contribution in [-0.4, -0.2) is 18.7 Å². The van der Waals surface area contributed by atoms with E-state index in [1.807, 2.05) is 0 Å². The van der Waals surface area contributed by atoms with E-state index in [4.69, 9.17) is 9.47 Å². The van der Waals surface area contributed by atoms with Crippen LogP contribution in [0.25, 0.3) is 0 Å². The molecular weight excluding hydrogens is 288 g/mol. The summed E-state index contributed by atoms with van der Waals surface area (Å²) in [7, 11) is 1.74. The lowest BCUT2D eigenvalue weighted by Gasteiger charge is -2.51. The molecule has 3 nitrogen and oxygen atoms in total. The molecule has 3 aliphatic rings. The highest BCUT2D eigenvalue weighted by Crippen LogP contribution is 2.55. The molecule has 0 aromatic heterocycles. The van der Waals surface area contributed by atoms with Crippen LogP contribution >= 0.6 is 0 Å². The Morgan fingerprint density at radius 3 is 2.74 bits per heavy atom. The largest absolute Gasteiger partial charge is 0.458 e. The predicted molar refractivity (Wildman–Crippen MR) is 87.9 cm³/mol. The van der Waals surface area contributed by atoms with Crippen LogP contribution in [0.5, 0.6) is 0 Å². The maximum Gasteiger partial charge on any atom is 0.214 e. The van der Waals surface area contributed by atoms with Gasteiger partial charge in [-0.2, -0.15) is 0 Å². The van der Waals surface area contributed by atoms with E-state index in [1.54, 1.807) is 7.11 Å². The monoisotopic (exact) mass is 312 g/mol. The summed E-state index contributed by atoms with van der Waals surface area (Å²) in [5, 5.41) is 0. The van der Waals surface area contributed by atoms with Crippen molar-refractivity contribution >= 4 is 5.78 Å². The summed E-state index contributed by atoms with van der Waals surface area (Å²) in [6.07, 6.45) is 6.79. The molecule has 0 N–H and O–H groups in total. The molecule has 2 aliphatic carbocycles. The number of carbonyl (C=O) groups excluding carboxylic acids is 1. The second kappa shape index (κ2) is 5.79. The number of Topliss-reactive ketones (excluding diaryl/α,β-unsaturated/α-hetero) is 1. The Morgan fingerprint density at radius 2 is 1.96 bits per heavy atom. The summed E-state index contributed by atoms with van der Waals surface area (Å²) in [4.78, 5) is 12.5. The Labute approximate surface area is 137 Å². The number of fused-ring (bicyclic) bond motifs is 1. The van der Waals surface area contributed by atoms with Crippen molar-refractivity contribution in [3.05, 3.63) is 47.2 Å². The van der Waals surface area contributed by atoms with E-state index in [2.05, 4.69) is 30.3 Å². The average Bonchev–Trinajstić information content (AvgIpc) is 2.61. The molecule has 122 valence electrons. The van der Waals surface area contributed by atoms with E-state index in [1.165, 1.54) is 17.6 Å². The first-order chi connectivity index (χ1) is 11.2. The van der Waals surface area contributed by atoms with Gasteiger partial charge in [0.25, 0.3) is 0 Å².